The second kappa shape index (κ2) is 7.44. The average molecular weight is 449 g/mol. The highest BCUT2D eigenvalue weighted by Crippen LogP contribution is 2.43. The van der Waals surface area contributed by atoms with E-state index in [2.05, 4.69) is 39.8 Å². The minimum Gasteiger partial charge on any atom is -0.370 e. The maximum absolute atomic E-state index is 12.7. The number of ether oxygens (including phenoxy) is 1. The van der Waals surface area contributed by atoms with Crippen LogP contribution < -0.4 is 10.6 Å². The minimum absolute atomic E-state index is 0.0956. The van der Waals surface area contributed by atoms with Gasteiger partial charge < -0.3 is 15.4 Å². The van der Waals surface area contributed by atoms with E-state index in [0.29, 0.717) is 17.2 Å². The second-order valence-electron chi connectivity index (χ2n) is 9.27. The smallest absolute Gasteiger partial charge is 0.255 e. The van der Waals surface area contributed by atoms with Gasteiger partial charge in [-0.05, 0) is 43.2 Å². The van der Waals surface area contributed by atoms with E-state index in [0.717, 1.165) is 55.8 Å². The number of pyridine rings is 1. The fraction of sp³-hybridized carbons (Fsp3) is 0.360. The standard InChI is InChI=1S/C25H25ClN4O2/c26-18-6-8-22-20(13-18)23(31)29-25(28-22)15-24(32-16-25)9-11-30(12-10-24)14-19-7-5-17-3-1-2-4-21(17)27-19/h1-8,13,28H,9-12,14-16H2,(H,29,31). The number of rotatable bonds is 2. The van der Waals surface area contributed by atoms with E-state index >= 15 is 0 Å². The third kappa shape index (κ3) is 3.52. The van der Waals surface area contributed by atoms with Gasteiger partial charge in [-0.25, -0.2) is 0 Å². The third-order valence-corrected chi connectivity index (χ3v) is 7.25. The van der Waals surface area contributed by atoms with Crippen LogP contribution in [0.25, 0.3) is 10.9 Å². The van der Waals surface area contributed by atoms with Crippen LogP contribution >= 0.6 is 11.6 Å². The fourth-order valence-corrected chi connectivity index (χ4v) is 5.51. The molecule has 1 atom stereocenters. The van der Waals surface area contributed by atoms with Gasteiger partial charge in [0.1, 0.15) is 5.66 Å². The van der Waals surface area contributed by atoms with Gasteiger partial charge in [0.2, 0.25) is 0 Å². The monoisotopic (exact) mass is 448 g/mol. The van der Waals surface area contributed by atoms with Crippen LogP contribution in [0.15, 0.2) is 54.6 Å². The molecule has 0 radical (unpaired) electrons. The molecule has 2 fully saturated rings. The predicted molar refractivity (Wildman–Crippen MR) is 125 cm³/mol. The molecule has 1 amide bonds. The zero-order chi connectivity index (χ0) is 21.8. The van der Waals surface area contributed by atoms with Gasteiger partial charge in [-0.15, -0.1) is 0 Å². The molecule has 3 aliphatic heterocycles. The fourth-order valence-electron chi connectivity index (χ4n) is 5.34. The lowest BCUT2D eigenvalue weighted by Gasteiger charge is -2.41. The van der Waals surface area contributed by atoms with Gasteiger partial charge in [-0.2, -0.15) is 0 Å². The molecule has 6 rings (SSSR count). The second-order valence-corrected chi connectivity index (χ2v) is 9.71. The Morgan fingerprint density at radius 3 is 2.78 bits per heavy atom. The van der Waals surface area contributed by atoms with E-state index < -0.39 is 5.66 Å². The molecule has 0 aliphatic carbocycles. The highest BCUT2D eigenvalue weighted by atomic mass is 35.5. The number of amides is 1. The van der Waals surface area contributed by atoms with E-state index in [1.165, 1.54) is 5.39 Å². The first-order valence-corrected chi connectivity index (χ1v) is 11.5. The van der Waals surface area contributed by atoms with Gasteiger partial charge >= 0.3 is 0 Å². The van der Waals surface area contributed by atoms with Crippen molar-refractivity contribution in [1.82, 2.24) is 15.2 Å². The summed E-state index contributed by atoms with van der Waals surface area (Å²) in [5.74, 6) is -0.0956. The zero-order valence-corrected chi connectivity index (χ0v) is 18.5. The van der Waals surface area contributed by atoms with Crippen molar-refractivity contribution in [2.45, 2.75) is 37.1 Å². The van der Waals surface area contributed by atoms with Crippen LogP contribution in [0, 0.1) is 0 Å². The molecule has 3 aliphatic rings. The Labute approximate surface area is 191 Å². The van der Waals surface area contributed by atoms with Crippen molar-refractivity contribution in [3.63, 3.8) is 0 Å². The van der Waals surface area contributed by atoms with Crippen LogP contribution in [0.5, 0.6) is 0 Å². The first kappa shape index (κ1) is 20.0. The Kier molecular flexibility index (Phi) is 4.64. The quantitative estimate of drug-likeness (QED) is 0.615. The Hall–Kier alpha value is -2.67. The van der Waals surface area contributed by atoms with Gasteiger partial charge in [0.15, 0.2) is 0 Å². The molecule has 2 spiro atoms. The van der Waals surface area contributed by atoms with E-state index in [1.807, 2.05) is 24.3 Å². The number of nitrogens with zero attached hydrogens (tertiary/aromatic N) is 2. The Morgan fingerprint density at radius 2 is 1.91 bits per heavy atom. The summed E-state index contributed by atoms with van der Waals surface area (Å²) in [7, 11) is 0. The number of carbonyl (C=O) groups excluding carboxylic acids is 1. The lowest BCUT2D eigenvalue weighted by molar-refractivity contribution is -0.0454. The van der Waals surface area contributed by atoms with Crippen molar-refractivity contribution < 1.29 is 9.53 Å². The van der Waals surface area contributed by atoms with Crippen molar-refractivity contribution in [2.24, 2.45) is 0 Å². The zero-order valence-electron chi connectivity index (χ0n) is 17.7. The molecule has 4 heterocycles. The Balaban J connectivity index is 1.12. The van der Waals surface area contributed by atoms with Crippen molar-refractivity contribution in [1.29, 1.82) is 0 Å². The molecule has 2 saturated heterocycles. The Morgan fingerprint density at radius 1 is 1.06 bits per heavy atom. The van der Waals surface area contributed by atoms with Crippen molar-refractivity contribution in [2.75, 3.05) is 25.0 Å². The number of hydrogen-bond donors (Lipinski definition) is 2. The molecule has 0 bridgehead atoms. The highest BCUT2D eigenvalue weighted by molar-refractivity contribution is 6.31. The normalized spacial score (nSPS) is 24.5. The molecular weight excluding hydrogens is 424 g/mol. The molecule has 3 aromatic rings. The number of anilines is 1. The number of halogens is 1. The number of hydrogen-bond acceptors (Lipinski definition) is 5. The Bertz CT molecular complexity index is 1210. The van der Waals surface area contributed by atoms with E-state index in [-0.39, 0.29) is 11.5 Å². The minimum atomic E-state index is -0.556. The molecule has 1 unspecified atom stereocenters. The summed E-state index contributed by atoms with van der Waals surface area (Å²) < 4.78 is 6.37. The van der Waals surface area contributed by atoms with Crippen molar-refractivity contribution >= 4 is 34.1 Å². The predicted octanol–water partition coefficient (Wildman–Crippen LogP) is 4.19. The lowest BCUT2D eigenvalue weighted by Crippen LogP contribution is -2.59. The van der Waals surface area contributed by atoms with Crippen LogP contribution in [0.2, 0.25) is 5.02 Å². The third-order valence-electron chi connectivity index (χ3n) is 7.01. The summed E-state index contributed by atoms with van der Waals surface area (Å²) in [5.41, 5.74) is 2.78. The number of aromatic nitrogens is 1. The summed E-state index contributed by atoms with van der Waals surface area (Å²) in [4.78, 5) is 20.0. The van der Waals surface area contributed by atoms with E-state index in [9.17, 15) is 4.79 Å². The molecule has 2 aromatic carbocycles. The summed E-state index contributed by atoms with van der Waals surface area (Å²) in [6.45, 7) is 3.21. The van der Waals surface area contributed by atoms with Gasteiger partial charge in [0, 0.05) is 42.2 Å². The molecule has 1 aromatic heterocycles. The SMILES string of the molecule is O=C1NC2(COC3(CCN(Cc4ccc5ccccc5n4)CC3)C2)Nc2ccc(Cl)cc21. The number of fused-ring (bicyclic) bond motifs is 2. The molecular formula is C25H25ClN4O2. The van der Waals surface area contributed by atoms with E-state index in [4.69, 9.17) is 21.3 Å². The highest BCUT2D eigenvalue weighted by Gasteiger charge is 2.53. The van der Waals surface area contributed by atoms with Crippen LogP contribution in [-0.4, -0.2) is 46.8 Å². The number of carbonyl (C=O) groups is 1. The topological polar surface area (TPSA) is 66.5 Å². The molecule has 7 heteroatoms. The average Bonchev–Trinajstić information content (AvgIpc) is 3.13. The molecule has 32 heavy (non-hydrogen) atoms. The molecule has 0 saturated carbocycles. The number of benzene rings is 2. The first-order valence-electron chi connectivity index (χ1n) is 11.1. The van der Waals surface area contributed by atoms with Crippen LogP contribution in [-0.2, 0) is 11.3 Å². The maximum Gasteiger partial charge on any atom is 0.255 e. The van der Waals surface area contributed by atoms with E-state index in [1.54, 1.807) is 6.07 Å². The summed E-state index contributed by atoms with van der Waals surface area (Å²) >= 11 is 6.07. The number of nitrogens with one attached hydrogen (secondary N) is 2. The number of likely N-dealkylation sites (tertiary alicyclic amines) is 1. The van der Waals surface area contributed by atoms with Crippen molar-refractivity contribution in [3.8, 4) is 0 Å². The lowest BCUT2D eigenvalue weighted by atomic mass is 9.84. The first-order chi connectivity index (χ1) is 15.5. The van der Waals surface area contributed by atoms with Gasteiger partial charge in [-0.3, -0.25) is 14.7 Å². The van der Waals surface area contributed by atoms with Crippen molar-refractivity contribution in [3.05, 3.63) is 70.9 Å². The number of piperidine rings is 1. The van der Waals surface area contributed by atoms with Gasteiger partial charge in [0.25, 0.3) is 5.91 Å². The molecule has 2 N–H and O–H groups in total. The summed E-state index contributed by atoms with van der Waals surface area (Å²) in [6.07, 6.45) is 2.64. The number of para-hydroxylation sites is 1. The van der Waals surface area contributed by atoms with Gasteiger partial charge in [0.05, 0.1) is 29.0 Å². The summed E-state index contributed by atoms with van der Waals surface area (Å²) in [5, 5.41) is 8.42. The van der Waals surface area contributed by atoms with Crippen LogP contribution in [0.3, 0.4) is 0 Å². The maximum atomic E-state index is 12.7. The van der Waals surface area contributed by atoms with Crippen LogP contribution in [0.1, 0.15) is 35.3 Å². The molecule has 164 valence electrons. The summed E-state index contributed by atoms with van der Waals surface area (Å²) in [6, 6.07) is 17.9. The van der Waals surface area contributed by atoms with Crippen LogP contribution in [0.4, 0.5) is 5.69 Å². The molecule has 6 nitrogen and oxygen atoms in total. The van der Waals surface area contributed by atoms with Gasteiger partial charge in [-0.1, -0.05) is 35.9 Å². The largest absolute Gasteiger partial charge is 0.370 e.